The highest BCUT2D eigenvalue weighted by Crippen LogP contribution is 2.36. The standard InChI is InChI=1S/C24H26N6O3/c1-3-30-22-13-19(33-11-10-29-16-26-15-27-29)8-9-20(22)21(14-25)23(30)17-6-5-7-18(12-17)28-24(31)32-4-2/h5-9,12-13,15H,3-4,10-11,16H2,1-2H3,(H,26,27)(H,28,31). The van der Waals surface area contributed by atoms with E-state index in [1.54, 1.807) is 19.3 Å². The molecule has 170 valence electrons. The largest absolute Gasteiger partial charge is 0.492 e. The second-order valence-electron chi connectivity index (χ2n) is 7.38. The molecule has 1 aliphatic rings. The SMILES string of the molecule is CCOC(=O)Nc1cccc(-c2c(C#N)c3ccc(OCCN4CN=CN4)cc3n2CC)c1. The molecule has 0 aliphatic carbocycles. The van der Waals surface area contributed by atoms with Crippen LogP contribution in [0, 0.1) is 11.3 Å². The molecule has 2 aromatic carbocycles. The summed E-state index contributed by atoms with van der Waals surface area (Å²) in [6.45, 7) is 6.57. The quantitative estimate of drug-likeness (QED) is 0.543. The van der Waals surface area contributed by atoms with Crippen molar-refractivity contribution in [2.45, 2.75) is 20.4 Å². The molecule has 0 bridgehead atoms. The minimum Gasteiger partial charge on any atom is -0.492 e. The summed E-state index contributed by atoms with van der Waals surface area (Å²) in [5.74, 6) is 0.739. The predicted octanol–water partition coefficient (Wildman–Crippen LogP) is 3.95. The maximum absolute atomic E-state index is 11.8. The highest BCUT2D eigenvalue weighted by atomic mass is 16.5. The van der Waals surface area contributed by atoms with Crippen LogP contribution >= 0.6 is 0 Å². The molecule has 33 heavy (non-hydrogen) atoms. The highest BCUT2D eigenvalue weighted by Gasteiger charge is 2.19. The van der Waals surface area contributed by atoms with Gasteiger partial charge in [-0.3, -0.25) is 10.3 Å². The summed E-state index contributed by atoms with van der Waals surface area (Å²) in [4.78, 5) is 15.9. The number of rotatable bonds is 8. The number of carbonyl (C=O) groups is 1. The fraction of sp³-hybridized carbons (Fsp3) is 0.292. The van der Waals surface area contributed by atoms with Crippen LogP contribution in [-0.2, 0) is 11.3 Å². The Hall–Kier alpha value is -4.03. The first-order valence-electron chi connectivity index (χ1n) is 10.9. The van der Waals surface area contributed by atoms with Gasteiger partial charge in [0.1, 0.15) is 25.1 Å². The molecule has 9 nitrogen and oxygen atoms in total. The van der Waals surface area contributed by atoms with Gasteiger partial charge >= 0.3 is 6.09 Å². The molecule has 0 saturated heterocycles. The molecule has 1 aliphatic heterocycles. The van der Waals surface area contributed by atoms with Crippen LogP contribution in [0.5, 0.6) is 5.75 Å². The number of hydrogen-bond donors (Lipinski definition) is 2. The monoisotopic (exact) mass is 446 g/mol. The minimum atomic E-state index is -0.510. The van der Waals surface area contributed by atoms with Crippen LogP contribution in [0.4, 0.5) is 10.5 Å². The molecular weight excluding hydrogens is 420 g/mol. The zero-order valence-electron chi connectivity index (χ0n) is 18.7. The van der Waals surface area contributed by atoms with E-state index in [0.717, 1.165) is 27.9 Å². The summed E-state index contributed by atoms with van der Waals surface area (Å²) in [6.07, 6.45) is 1.16. The molecule has 0 spiro atoms. The van der Waals surface area contributed by atoms with Crippen molar-refractivity contribution in [2.75, 3.05) is 31.7 Å². The molecule has 0 radical (unpaired) electrons. The lowest BCUT2D eigenvalue weighted by Crippen LogP contribution is -2.35. The van der Waals surface area contributed by atoms with Crippen LogP contribution in [0.3, 0.4) is 0 Å². The number of ether oxygens (including phenoxy) is 2. The lowest BCUT2D eigenvalue weighted by Gasteiger charge is -2.15. The topological polar surface area (TPSA) is 104 Å². The van der Waals surface area contributed by atoms with E-state index in [9.17, 15) is 10.1 Å². The van der Waals surface area contributed by atoms with Gasteiger partial charge in [-0.05, 0) is 38.1 Å². The first kappa shape index (κ1) is 22.2. The predicted molar refractivity (Wildman–Crippen MR) is 127 cm³/mol. The summed E-state index contributed by atoms with van der Waals surface area (Å²) in [5.41, 5.74) is 6.79. The van der Waals surface area contributed by atoms with Crippen molar-refractivity contribution in [2.24, 2.45) is 4.99 Å². The number of aromatic nitrogens is 1. The first-order valence-corrected chi connectivity index (χ1v) is 10.9. The third-order valence-electron chi connectivity index (χ3n) is 5.34. The van der Waals surface area contributed by atoms with Crippen LogP contribution in [0.1, 0.15) is 19.4 Å². The maximum atomic E-state index is 11.8. The highest BCUT2D eigenvalue weighted by molar-refractivity contribution is 5.96. The second kappa shape index (κ2) is 10.1. The number of carbonyl (C=O) groups excluding carboxylic acids is 1. The van der Waals surface area contributed by atoms with E-state index in [4.69, 9.17) is 9.47 Å². The zero-order valence-corrected chi connectivity index (χ0v) is 18.7. The van der Waals surface area contributed by atoms with Crippen LogP contribution in [-0.4, -0.2) is 48.4 Å². The number of benzene rings is 2. The van der Waals surface area contributed by atoms with Crippen LogP contribution in [0.25, 0.3) is 22.2 Å². The average molecular weight is 447 g/mol. The van der Waals surface area contributed by atoms with Crippen molar-refractivity contribution in [1.29, 1.82) is 5.26 Å². The second-order valence-corrected chi connectivity index (χ2v) is 7.38. The molecule has 0 atom stereocenters. The van der Waals surface area contributed by atoms with Gasteiger partial charge in [0, 0.05) is 29.2 Å². The Labute approximate surface area is 192 Å². The van der Waals surface area contributed by atoms with E-state index in [2.05, 4.69) is 26.4 Å². The number of fused-ring (bicyclic) bond motifs is 1. The van der Waals surface area contributed by atoms with Gasteiger partial charge in [0.2, 0.25) is 0 Å². The Morgan fingerprint density at radius 3 is 2.88 bits per heavy atom. The summed E-state index contributed by atoms with van der Waals surface area (Å²) >= 11 is 0. The first-order chi connectivity index (χ1) is 16.1. The van der Waals surface area contributed by atoms with Crippen molar-refractivity contribution >= 4 is 29.0 Å². The summed E-state index contributed by atoms with van der Waals surface area (Å²) in [7, 11) is 0. The molecular formula is C24H26N6O3. The number of aliphatic imine (C=N–C) groups is 1. The maximum Gasteiger partial charge on any atom is 0.411 e. The fourth-order valence-electron chi connectivity index (χ4n) is 3.90. The summed E-state index contributed by atoms with van der Waals surface area (Å²) < 4.78 is 13.0. The van der Waals surface area contributed by atoms with E-state index in [0.29, 0.717) is 44.2 Å². The molecule has 0 unspecified atom stereocenters. The van der Waals surface area contributed by atoms with Crippen LogP contribution in [0.15, 0.2) is 47.5 Å². The van der Waals surface area contributed by atoms with E-state index >= 15 is 0 Å². The summed E-state index contributed by atoms with van der Waals surface area (Å²) in [6, 6.07) is 15.6. The lowest BCUT2D eigenvalue weighted by atomic mass is 10.1. The molecule has 3 aromatic rings. The van der Waals surface area contributed by atoms with Gasteiger partial charge in [0.05, 0.1) is 36.3 Å². The Balaban J connectivity index is 1.65. The smallest absolute Gasteiger partial charge is 0.411 e. The van der Waals surface area contributed by atoms with Gasteiger partial charge < -0.3 is 19.5 Å². The number of anilines is 1. The molecule has 4 rings (SSSR count). The number of aryl methyl sites for hydroxylation is 1. The number of hydrazine groups is 1. The van der Waals surface area contributed by atoms with Gasteiger partial charge in [-0.15, -0.1) is 0 Å². The molecule has 2 heterocycles. The Kier molecular flexibility index (Phi) is 6.76. The van der Waals surface area contributed by atoms with Crippen LogP contribution < -0.4 is 15.5 Å². The minimum absolute atomic E-state index is 0.293. The van der Waals surface area contributed by atoms with Crippen molar-refractivity contribution in [3.05, 3.63) is 48.0 Å². The number of hydrogen-bond acceptors (Lipinski definition) is 7. The molecule has 9 heteroatoms. The number of nitrogens with zero attached hydrogens (tertiary/aromatic N) is 4. The third-order valence-corrected chi connectivity index (χ3v) is 5.34. The molecule has 0 fully saturated rings. The van der Waals surface area contributed by atoms with Gasteiger partial charge in [-0.25, -0.2) is 4.79 Å². The Bertz CT molecular complexity index is 1220. The van der Waals surface area contributed by atoms with Crippen LogP contribution in [0.2, 0.25) is 0 Å². The third kappa shape index (κ3) is 4.76. The van der Waals surface area contributed by atoms with E-state index in [1.807, 2.05) is 48.3 Å². The van der Waals surface area contributed by atoms with Crippen molar-refractivity contribution < 1.29 is 14.3 Å². The van der Waals surface area contributed by atoms with Crippen molar-refractivity contribution in [3.63, 3.8) is 0 Å². The molecule has 1 amide bonds. The number of amides is 1. The average Bonchev–Trinajstić information content (AvgIpc) is 3.44. The normalized spacial score (nSPS) is 13.0. The van der Waals surface area contributed by atoms with E-state index in [-0.39, 0.29) is 0 Å². The molecule has 0 saturated carbocycles. The lowest BCUT2D eigenvalue weighted by molar-refractivity contribution is 0.168. The van der Waals surface area contributed by atoms with E-state index < -0.39 is 6.09 Å². The van der Waals surface area contributed by atoms with Gasteiger partial charge in [-0.2, -0.15) is 10.3 Å². The van der Waals surface area contributed by atoms with Gasteiger partial charge in [-0.1, -0.05) is 12.1 Å². The number of nitrogens with one attached hydrogen (secondary N) is 2. The van der Waals surface area contributed by atoms with Gasteiger partial charge in [0.25, 0.3) is 0 Å². The fourth-order valence-corrected chi connectivity index (χ4v) is 3.90. The van der Waals surface area contributed by atoms with Gasteiger partial charge in [0.15, 0.2) is 0 Å². The number of nitriles is 1. The Morgan fingerprint density at radius 2 is 2.15 bits per heavy atom. The molecule has 1 aromatic heterocycles. The zero-order chi connectivity index (χ0) is 23.2. The van der Waals surface area contributed by atoms with Crippen molar-refractivity contribution in [1.82, 2.24) is 15.0 Å². The van der Waals surface area contributed by atoms with Crippen molar-refractivity contribution in [3.8, 4) is 23.1 Å². The summed E-state index contributed by atoms with van der Waals surface area (Å²) in [5, 5.41) is 15.5. The molecule has 2 N–H and O–H groups in total. The van der Waals surface area contributed by atoms with E-state index in [1.165, 1.54) is 0 Å². The Morgan fingerprint density at radius 1 is 1.27 bits per heavy atom.